The highest BCUT2D eigenvalue weighted by Crippen LogP contribution is 2.36. The van der Waals surface area contributed by atoms with E-state index < -0.39 is 17.7 Å². The van der Waals surface area contributed by atoms with Gasteiger partial charge in [-0.15, -0.1) is 0 Å². The summed E-state index contributed by atoms with van der Waals surface area (Å²) in [6.45, 7) is 0.00576. The number of rotatable bonds is 3. The molecule has 0 aliphatic heterocycles. The summed E-state index contributed by atoms with van der Waals surface area (Å²) in [6, 6.07) is 10.6. The van der Waals surface area contributed by atoms with Gasteiger partial charge < -0.3 is 9.67 Å². The molecule has 0 fully saturated rings. The molecule has 3 nitrogen and oxygen atoms in total. The van der Waals surface area contributed by atoms with E-state index in [9.17, 15) is 23.1 Å². The maximum Gasteiger partial charge on any atom is 0.416 e. The van der Waals surface area contributed by atoms with E-state index in [-0.39, 0.29) is 17.7 Å². The van der Waals surface area contributed by atoms with Crippen LogP contribution in [-0.4, -0.2) is 15.6 Å². The van der Waals surface area contributed by atoms with Crippen LogP contribution in [0.25, 0.3) is 10.9 Å². The van der Waals surface area contributed by atoms with E-state index in [1.807, 2.05) is 10.6 Å². The fraction of sp³-hybridized carbons (Fsp3) is 0.318. The number of aromatic carboxylic acids is 1. The highest BCUT2D eigenvalue weighted by molar-refractivity contribution is 6.04. The van der Waals surface area contributed by atoms with E-state index in [2.05, 4.69) is 0 Å². The minimum Gasteiger partial charge on any atom is -0.478 e. The molecule has 0 saturated carbocycles. The van der Waals surface area contributed by atoms with Crippen molar-refractivity contribution in [1.29, 1.82) is 0 Å². The van der Waals surface area contributed by atoms with Crippen molar-refractivity contribution in [1.82, 2.24) is 4.57 Å². The maximum absolute atomic E-state index is 13.5. The second-order valence-electron chi connectivity index (χ2n) is 7.23. The van der Waals surface area contributed by atoms with Gasteiger partial charge in [0, 0.05) is 17.6 Å². The first kappa shape index (κ1) is 18.6. The van der Waals surface area contributed by atoms with Crippen LogP contribution in [0, 0.1) is 0 Å². The third-order valence-electron chi connectivity index (χ3n) is 5.53. The molecule has 4 rings (SSSR count). The molecule has 1 heterocycles. The van der Waals surface area contributed by atoms with Crippen LogP contribution in [0.5, 0.6) is 0 Å². The number of carbonyl (C=O) groups is 1. The SMILES string of the molecule is O=C(O)c1cccc2c3c(n(Cc4ccccc4C(F)(F)F)c12)CCCCC3. The fourth-order valence-electron chi connectivity index (χ4n) is 4.32. The zero-order chi connectivity index (χ0) is 19.9. The molecule has 28 heavy (non-hydrogen) atoms. The normalized spacial score (nSPS) is 14.7. The number of nitrogens with zero attached hydrogens (tertiary/aromatic N) is 1. The smallest absolute Gasteiger partial charge is 0.416 e. The van der Waals surface area contributed by atoms with Crippen LogP contribution in [0.2, 0.25) is 0 Å². The first-order valence-corrected chi connectivity index (χ1v) is 9.39. The number of hydrogen-bond donors (Lipinski definition) is 1. The predicted octanol–water partition coefficient (Wildman–Crippen LogP) is 5.68. The lowest BCUT2D eigenvalue weighted by atomic mass is 10.0. The van der Waals surface area contributed by atoms with Gasteiger partial charge in [0.1, 0.15) is 0 Å². The van der Waals surface area contributed by atoms with Crippen LogP contribution in [0.4, 0.5) is 13.2 Å². The summed E-state index contributed by atoms with van der Waals surface area (Å²) in [5.41, 5.74) is 2.19. The molecule has 0 atom stereocenters. The van der Waals surface area contributed by atoms with E-state index in [0.29, 0.717) is 5.52 Å². The zero-order valence-corrected chi connectivity index (χ0v) is 15.2. The molecule has 1 aliphatic carbocycles. The molecule has 0 bridgehead atoms. The van der Waals surface area contributed by atoms with Crippen molar-refractivity contribution in [2.75, 3.05) is 0 Å². The van der Waals surface area contributed by atoms with E-state index >= 15 is 0 Å². The molecule has 6 heteroatoms. The summed E-state index contributed by atoms with van der Waals surface area (Å²) in [5, 5.41) is 10.5. The summed E-state index contributed by atoms with van der Waals surface area (Å²) < 4.78 is 42.3. The van der Waals surface area contributed by atoms with Gasteiger partial charge in [-0.3, -0.25) is 0 Å². The Morgan fingerprint density at radius 2 is 1.75 bits per heavy atom. The van der Waals surface area contributed by atoms with Gasteiger partial charge in [-0.2, -0.15) is 13.2 Å². The van der Waals surface area contributed by atoms with Crippen molar-refractivity contribution in [2.24, 2.45) is 0 Å². The summed E-state index contributed by atoms with van der Waals surface area (Å²) in [6.07, 6.45) is 0.134. The second kappa shape index (κ2) is 7.00. The van der Waals surface area contributed by atoms with Crippen LogP contribution < -0.4 is 0 Å². The standard InChI is InChI=1S/C22H20F3NO2/c23-22(24,25)18-11-5-4-7-14(18)13-26-19-12-3-1-2-8-15(19)16-9-6-10-17(20(16)26)21(27)28/h4-7,9-11H,1-3,8,12-13H2,(H,27,28). The number of fused-ring (bicyclic) bond motifs is 3. The van der Waals surface area contributed by atoms with E-state index in [0.717, 1.165) is 54.8 Å². The van der Waals surface area contributed by atoms with Gasteiger partial charge in [0.2, 0.25) is 0 Å². The van der Waals surface area contributed by atoms with Crippen molar-refractivity contribution in [2.45, 2.75) is 44.8 Å². The quantitative estimate of drug-likeness (QED) is 0.588. The number of carboxylic acids is 1. The van der Waals surface area contributed by atoms with Crippen molar-refractivity contribution in [3.05, 3.63) is 70.4 Å². The number of halogens is 3. The molecule has 146 valence electrons. The fourth-order valence-corrected chi connectivity index (χ4v) is 4.32. The van der Waals surface area contributed by atoms with Gasteiger partial charge in [-0.1, -0.05) is 36.8 Å². The number of carboxylic acid groups (broad SMARTS) is 1. The molecule has 0 saturated heterocycles. The largest absolute Gasteiger partial charge is 0.478 e. The summed E-state index contributed by atoms with van der Waals surface area (Å²) in [7, 11) is 0. The lowest BCUT2D eigenvalue weighted by molar-refractivity contribution is -0.138. The average molecular weight is 387 g/mol. The van der Waals surface area contributed by atoms with Crippen molar-refractivity contribution >= 4 is 16.9 Å². The van der Waals surface area contributed by atoms with Crippen LogP contribution >= 0.6 is 0 Å². The molecule has 0 unspecified atom stereocenters. The number of aromatic nitrogens is 1. The first-order chi connectivity index (χ1) is 13.4. The summed E-state index contributed by atoms with van der Waals surface area (Å²) in [4.78, 5) is 11.8. The van der Waals surface area contributed by atoms with Gasteiger partial charge in [-0.05, 0) is 48.9 Å². The molecule has 3 aromatic rings. The summed E-state index contributed by atoms with van der Waals surface area (Å²) >= 11 is 0. The molecular formula is C22H20F3NO2. The Hall–Kier alpha value is -2.76. The minimum absolute atomic E-state index is 0.00576. The third-order valence-corrected chi connectivity index (χ3v) is 5.53. The van der Waals surface area contributed by atoms with Crippen molar-refractivity contribution < 1.29 is 23.1 Å². The zero-order valence-electron chi connectivity index (χ0n) is 15.2. The number of aryl methyl sites for hydroxylation is 1. The molecule has 2 aromatic carbocycles. The van der Waals surface area contributed by atoms with Gasteiger partial charge in [-0.25, -0.2) is 4.79 Å². The maximum atomic E-state index is 13.5. The Kier molecular flexibility index (Phi) is 4.65. The van der Waals surface area contributed by atoms with Crippen LogP contribution in [0.1, 0.15) is 52.0 Å². The van der Waals surface area contributed by atoms with Gasteiger partial charge in [0.05, 0.1) is 16.6 Å². The third kappa shape index (κ3) is 3.17. The molecule has 0 radical (unpaired) electrons. The Balaban J connectivity index is 1.97. The van der Waals surface area contributed by atoms with Crippen LogP contribution in [0.3, 0.4) is 0 Å². The Labute approximate surface area is 160 Å². The van der Waals surface area contributed by atoms with Gasteiger partial charge >= 0.3 is 12.1 Å². The number of benzene rings is 2. The van der Waals surface area contributed by atoms with Crippen molar-refractivity contribution in [3.8, 4) is 0 Å². The van der Waals surface area contributed by atoms with Gasteiger partial charge in [0.15, 0.2) is 0 Å². The van der Waals surface area contributed by atoms with E-state index in [1.54, 1.807) is 12.1 Å². The molecular weight excluding hydrogens is 367 g/mol. The van der Waals surface area contributed by atoms with E-state index in [1.165, 1.54) is 18.2 Å². The molecule has 1 N–H and O–H groups in total. The topological polar surface area (TPSA) is 42.2 Å². The minimum atomic E-state index is -4.45. The van der Waals surface area contributed by atoms with Gasteiger partial charge in [0.25, 0.3) is 0 Å². The molecule has 1 aliphatic rings. The number of para-hydroxylation sites is 1. The molecule has 1 aromatic heterocycles. The Bertz CT molecular complexity index is 1050. The molecule has 0 amide bonds. The number of alkyl halides is 3. The Morgan fingerprint density at radius 1 is 1.00 bits per heavy atom. The Morgan fingerprint density at radius 3 is 2.50 bits per heavy atom. The lowest BCUT2D eigenvalue weighted by Gasteiger charge is -2.17. The average Bonchev–Trinajstić information content (AvgIpc) is 2.81. The van der Waals surface area contributed by atoms with Crippen LogP contribution in [-0.2, 0) is 25.6 Å². The van der Waals surface area contributed by atoms with Crippen LogP contribution in [0.15, 0.2) is 42.5 Å². The second-order valence-corrected chi connectivity index (χ2v) is 7.23. The highest BCUT2D eigenvalue weighted by atomic mass is 19.4. The van der Waals surface area contributed by atoms with Crippen molar-refractivity contribution in [3.63, 3.8) is 0 Å². The lowest BCUT2D eigenvalue weighted by Crippen LogP contribution is -2.14. The first-order valence-electron chi connectivity index (χ1n) is 9.39. The monoisotopic (exact) mass is 387 g/mol. The molecule has 0 spiro atoms. The number of hydrogen-bond acceptors (Lipinski definition) is 1. The predicted molar refractivity (Wildman–Crippen MR) is 101 cm³/mol. The highest BCUT2D eigenvalue weighted by Gasteiger charge is 2.33. The summed E-state index contributed by atoms with van der Waals surface area (Å²) in [5.74, 6) is -1.07. The van der Waals surface area contributed by atoms with E-state index in [4.69, 9.17) is 0 Å².